The molecule has 0 spiro atoms. The van der Waals surface area contributed by atoms with Crippen LogP contribution in [-0.4, -0.2) is 27.5 Å². The van der Waals surface area contributed by atoms with Gasteiger partial charge in [0.2, 0.25) is 0 Å². The fraction of sp³-hybridized carbons (Fsp3) is 0.333. The molecule has 13 heavy (non-hydrogen) atoms. The number of nitrogens with two attached hydrogens (primary N) is 1. The Morgan fingerprint density at radius 1 is 1.38 bits per heavy atom. The summed E-state index contributed by atoms with van der Waals surface area (Å²) in [6.45, 7) is 0.486. The zero-order valence-electron chi connectivity index (χ0n) is 7.53. The molecule has 0 saturated heterocycles. The molecule has 0 aliphatic heterocycles. The topological polar surface area (TPSA) is 52.3 Å². The second-order valence-corrected chi connectivity index (χ2v) is 5.81. The van der Waals surface area contributed by atoms with Crippen LogP contribution in [0.3, 0.4) is 0 Å². The first-order valence-corrected chi connectivity index (χ1v) is 6.77. The van der Waals surface area contributed by atoms with Crippen molar-refractivity contribution in [3.05, 3.63) is 24.3 Å². The van der Waals surface area contributed by atoms with Crippen LogP contribution in [-0.2, 0) is 3.83 Å². The molecular weight excluding hydrogens is 233 g/mol. The van der Waals surface area contributed by atoms with Crippen LogP contribution in [0.4, 0.5) is 0 Å². The van der Waals surface area contributed by atoms with E-state index in [0.29, 0.717) is 11.9 Å². The molecule has 1 rings (SSSR count). The Labute approximate surface area is 82.0 Å². The van der Waals surface area contributed by atoms with Crippen molar-refractivity contribution in [3.8, 4) is 5.75 Å². The molecule has 3 nitrogen and oxygen atoms in total. The van der Waals surface area contributed by atoms with Gasteiger partial charge in [0.15, 0.2) is 0 Å². The predicted octanol–water partition coefficient (Wildman–Crippen LogP) is 0.283. The van der Waals surface area contributed by atoms with Crippen LogP contribution in [0.5, 0.6) is 5.75 Å². The molecule has 1 unspecified atom stereocenters. The molecule has 0 saturated carbocycles. The van der Waals surface area contributed by atoms with Crippen molar-refractivity contribution in [3.63, 3.8) is 0 Å². The van der Waals surface area contributed by atoms with E-state index in [2.05, 4.69) is 0 Å². The zero-order chi connectivity index (χ0) is 9.68. The van der Waals surface area contributed by atoms with Crippen LogP contribution in [0.2, 0.25) is 5.32 Å². The summed E-state index contributed by atoms with van der Waals surface area (Å²) in [6.07, 6.45) is 0. The fourth-order valence-corrected chi connectivity index (χ4v) is 2.82. The van der Waals surface area contributed by atoms with Crippen molar-refractivity contribution in [2.24, 2.45) is 5.73 Å². The van der Waals surface area contributed by atoms with Crippen LogP contribution in [0.25, 0.3) is 0 Å². The molecule has 0 aliphatic carbocycles. The average Bonchev–Trinajstić information content (AvgIpc) is 2.18. The number of rotatable bonds is 4. The summed E-state index contributed by atoms with van der Waals surface area (Å²) < 4.78 is 17.4. The van der Waals surface area contributed by atoms with Gasteiger partial charge in [-0.15, -0.1) is 0 Å². The van der Waals surface area contributed by atoms with Crippen molar-refractivity contribution in [1.82, 2.24) is 0 Å². The minimum atomic E-state index is -1.89. The summed E-state index contributed by atoms with van der Waals surface area (Å²) >= 11 is -1.89. The Hall–Kier alpha value is -0.701. The van der Waals surface area contributed by atoms with E-state index in [-0.39, 0.29) is 0 Å². The Bertz CT molecular complexity index is 284. The van der Waals surface area contributed by atoms with E-state index >= 15 is 0 Å². The molecule has 0 amide bonds. The second-order valence-electron chi connectivity index (χ2n) is 2.51. The summed E-state index contributed by atoms with van der Waals surface area (Å²) in [5, 5.41) is 0.604. The molecule has 0 heterocycles. The van der Waals surface area contributed by atoms with Crippen molar-refractivity contribution in [2.45, 2.75) is 5.32 Å². The van der Waals surface area contributed by atoms with Crippen molar-refractivity contribution in [1.29, 1.82) is 0 Å². The molecular formula is C9H13NO2Se. The summed E-state index contributed by atoms with van der Waals surface area (Å²) in [4.78, 5) is 0. The van der Waals surface area contributed by atoms with Crippen LogP contribution in [0.15, 0.2) is 24.3 Å². The average molecular weight is 246 g/mol. The van der Waals surface area contributed by atoms with Crippen molar-refractivity contribution >= 4 is 18.3 Å². The maximum absolute atomic E-state index is 11.5. The van der Waals surface area contributed by atoms with Gasteiger partial charge in [0.1, 0.15) is 0 Å². The summed E-state index contributed by atoms with van der Waals surface area (Å²) in [5.74, 6) is 0.787. The second kappa shape index (κ2) is 5.12. The van der Waals surface area contributed by atoms with Gasteiger partial charge in [-0.3, -0.25) is 0 Å². The molecule has 72 valence electrons. The number of ether oxygens (including phenoxy) is 1. The van der Waals surface area contributed by atoms with Crippen LogP contribution >= 0.6 is 0 Å². The van der Waals surface area contributed by atoms with E-state index in [1.165, 1.54) is 0 Å². The minimum absolute atomic E-state index is 0.486. The van der Waals surface area contributed by atoms with Gasteiger partial charge in [-0.05, 0) is 0 Å². The first-order valence-electron chi connectivity index (χ1n) is 4.00. The molecule has 0 radical (unpaired) electrons. The van der Waals surface area contributed by atoms with Gasteiger partial charge in [-0.25, -0.2) is 0 Å². The van der Waals surface area contributed by atoms with Gasteiger partial charge in [-0.2, -0.15) is 0 Å². The third-order valence-corrected chi connectivity index (χ3v) is 4.57. The summed E-state index contributed by atoms with van der Waals surface area (Å²) in [6, 6.07) is 7.32. The molecule has 0 fully saturated rings. The fourth-order valence-electron chi connectivity index (χ4n) is 0.952. The van der Waals surface area contributed by atoms with E-state index in [0.717, 1.165) is 10.2 Å². The monoisotopic (exact) mass is 247 g/mol. The molecule has 0 aliphatic rings. The van der Waals surface area contributed by atoms with Gasteiger partial charge >= 0.3 is 81.6 Å². The Morgan fingerprint density at radius 3 is 2.46 bits per heavy atom. The van der Waals surface area contributed by atoms with Gasteiger partial charge in [-0.1, -0.05) is 0 Å². The third kappa shape index (κ3) is 2.92. The summed E-state index contributed by atoms with van der Waals surface area (Å²) in [5.41, 5.74) is 5.33. The van der Waals surface area contributed by atoms with E-state index < -0.39 is 13.8 Å². The Balaban J connectivity index is 2.74. The van der Waals surface area contributed by atoms with Crippen LogP contribution in [0, 0.1) is 0 Å². The molecule has 0 aromatic heterocycles. The molecule has 2 N–H and O–H groups in total. The van der Waals surface area contributed by atoms with Crippen molar-refractivity contribution in [2.75, 3.05) is 13.7 Å². The van der Waals surface area contributed by atoms with Crippen LogP contribution in [0.1, 0.15) is 0 Å². The zero-order valence-corrected chi connectivity index (χ0v) is 9.24. The van der Waals surface area contributed by atoms with E-state index in [4.69, 9.17) is 10.5 Å². The number of methoxy groups -OCH3 is 1. The Morgan fingerprint density at radius 2 is 2.00 bits per heavy atom. The number of hydrogen-bond donors (Lipinski definition) is 1. The van der Waals surface area contributed by atoms with Crippen molar-refractivity contribution < 1.29 is 8.57 Å². The maximum atomic E-state index is 11.5. The van der Waals surface area contributed by atoms with E-state index in [9.17, 15) is 3.83 Å². The van der Waals surface area contributed by atoms with Gasteiger partial charge in [0, 0.05) is 0 Å². The number of hydrogen-bond acceptors (Lipinski definition) is 3. The molecule has 4 heteroatoms. The molecule has 1 aromatic rings. The van der Waals surface area contributed by atoms with Crippen LogP contribution < -0.4 is 14.9 Å². The predicted molar refractivity (Wildman–Crippen MR) is 52.9 cm³/mol. The summed E-state index contributed by atoms with van der Waals surface area (Å²) in [7, 11) is 1.61. The SMILES string of the molecule is COc1ccc([Se](=O)CCN)cc1. The third-order valence-electron chi connectivity index (χ3n) is 1.63. The van der Waals surface area contributed by atoms with E-state index in [1.807, 2.05) is 24.3 Å². The van der Waals surface area contributed by atoms with Gasteiger partial charge in [0.25, 0.3) is 0 Å². The first kappa shape index (κ1) is 10.4. The molecule has 1 aromatic carbocycles. The molecule has 0 bridgehead atoms. The first-order chi connectivity index (χ1) is 6.27. The van der Waals surface area contributed by atoms with Gasteiger partial charge < -0.3 is 0 Å². The number of benzene rings is 1. The quantitative estimate of drug-likeness (QED) is 0.776. The Kier molecular flexibility index (Phi) is 4.09. The van der Waals surface area contributed by atoms with E-state index in [1.54, 1.807) is 7.11 Å². The normalized spacial score (nSPS) is 12.5. The standard InChI is InChI=1S/C9H13NO2Se/c1-12-8-2-4-9(5-3-8)13(11)7-6-10/h2-5H,6-7,10H2,1H3. The van der Waals surface area contributed by atoms with Gasteiger partial charge in [0.05, 0.1) is 0 Å². The molecule has 1 atom stereocenters.